The molecule has 0 aliphatic carbocycles. The second-order valence-corrected chi connectivity index (χ2v) is 8.80. The summed E-state index contributed by atoms with van der Waals surface area (Å²) in [6.45, 7) is 7.54. The topological polar surface area (TPSA) is 76.3 Å². The molecule has 0 aliphatic heterocycles. The van der Waals surface area contributed by atoms with Crippen LogP contribution in [0.15, 0.2) is 45.8 Å². The Bertz CT molecular complexity index is 1060. The van der Waals surface area contributed by atoms with Crippen LogP contribution in [0.2, 0.25) is 0 Å². The van der Waals surface area contributed by atoms with Crippen LogP contribution in [0.4, 0.5) is 0 Å². The van der Waals surface area contributed by atoms with Gasteiger partial charge in [0.05, 0.1) is 11.4 Å². The molecule has 0 saturated heterocycles. The zero-order chi connectivity index (χ0) is 19.8. The molecule has 0 fully saturated rings. The van der Waals surface area contributed by atoms with Gasteiger partial charge in [0.1, 0.15) is 0 Å². The molecule has 0 spiro atoms. The number of nitrogens with zero attached hydrogens (tertiary/aromatic N) is 3. The molecule has 0 N–H and O–H groups in total. The van der Waals surface area contributed by atoms with E-state index in [1.54, 1.807) is 0 Å². The fraction of sp³-hybridized carbons (Fsp3) is 0.300. The minimum Gasteiger partial charge on any atom is -0.338 e. The quantitative estimate of drug-likeness (QED) is 0.668. The number of hydrogen-bond acceptors (Lipinski definition) is 5. The monoisotopic (exact) mass is 385 g/mol. The van der Waals surface area contributed by atoms with Gasteiger partial charge in [-0.1, -0.05) is 47.1 Å². The molecule has 3 rings (SSSR count). The molecule has 7 heteroatoms. The maximum absolute atomic E-state index is 13.1. The fourth-order valence-corrected chi connectivity index (χ4v) is 4.78. The summed E-state index contributed by atoms with van der Waals surface area (Å²) < 4.78 is 32.6. The average molecular weight is 385 g/mol. The average Bonchev–Trinajstić information content (AvgIpc) is 3.02. The van der Waals surface area contributed by atoms with E-state index in [1.807, 2.05) is 64.1 Å². The molecule has 0 bridgehead atoms. The Morgan fingerprint density at radius 3 is 2.26 bits per heavy atom. The summed E-state index contributed by atoms with van der Waals surface area (Å²) in [5.41, 5.74) is 4.38. The van der Waals surface area contributed by atoms with Crippen molar-refractivity contribution in [3.8, 4) is 11.4 Å². The maximum Gasteiger partial charge on any atom is 0.243 e. The second-order valence-electron chi connectivity index (χ2n) is 6.82. The minimum atomic E-state index is -3.67. The van der Waals surface area contributed by atoms with Crippen LogP contribution < -0.4 is 0 Å². The van der Waals surface area contributed by atoms with Crippen LogP contribution in [0.1, 0.15) is 28.1 Å². The van der Waals surface area contributed by atoms with Gasteiger partial charge in [0.15, 0.2) is 0 Å². The first-order valence-electron chi connectivity index (χ1n) is 8.63. The van der Waals surface area contributed by atoms with Gasteiger partial charge in [-0.2, -0.15) is 9.29 Å². The summed E-state index contributed by atoms with van der Waals surface area (Å²) in [5, 5.41) is 3.99. The highest BCUT2D eigenvalue weighted by Crippen LogP contribution is 2.26. The van der Waals surface area contributed by atoms with Crippen LogP contribution in [0, 0.1) is 27.7 Å². The number of aromatic nitrogens is 2. The van der Waals surface area contributed by atoms with Crippen molar-refractivity contribution in [3.63, 3.8) is 0 Å². The van der Waals surface area contributed by atoms with E-state index in [0.29, 0.717) is 10.7 Å². The Morgan fingerprint density at radius 2 is 1.63 bits per heavy atom. The minimum absolute atomic E-state index is 0.00791. The lowest BCUT2D eigenvalue weighted by molar-refractivity contribution is 0.336. The number of aryl methyl sites for hydroxylation is 4. The summed E-state index contributed by atoms with van der Waals surface area (Å²) in [6.07, 6.45) is 0. The van der Waals surface area contributed by atoms with Gasteiger partial charge in [-0.25, -0.2) is 8.42 Å². The summed E-state index contributed by atoms with van der Waals surface area (Å²) in [5.74, 6) is 0.707. The lowest BCUT2D eigenvalue weighted by atomic mass is 10.1. The van der Waals surface area contributed by atoms with Gasteiger partial charge in [-0.3, -0.25) is 0 Å². The summed E-state index contributed by atoms with van der Waals surface area (Å²) >= 11 is 0. The van der Waals surface area contributed by atoms with Crippen molar-refractivity contribution in [2.75, 3.05) is 7.05 Å². The number of sulfonamides is 1. The van der Waals surface area contributed by atoms with E-state index in [-0.39, 0.29) is 12.4 Å². The summed E-state index contributed by atoms with van der Waals surface area (Å²) in [4.78, 5) is 4.69. The highest BCUT2D eigenvalue weighted by molar-refractivity contribution is 7.89. The highest BCUT2D eigenvalue weighted by Gasteiger charge is 2.26. The Balaban J connectivity index is 1.88. The van der Waals surface area contributed by atoms with Crippen LogP contribution in [0.25, 0.3) is 11.4 Å². The van der Waals surface area contributed by atoms with E-state index in [1.165, 1.54) is 11.4 Å². The third kappa shape index (κ3) is 3.79. The number of benzene rings is 2. The van der Waals surface area contributed by atoms with Crippen LogP contribution in [-0.4, -0.2) is 29.9 Å². The molecule has 1 heterocycles. The normalized spacial score (nSPS) is 11.9. The Hall–Kier alpha value is -2.51. The molecule has 0 unspecified atom stereocenters. The molecule has 2 aromatic carbocycles. The molecule has 0 amide bonds. The summed E-state index contributed by atoms with van der Waals surface area (Å²) in [7, 11) is -2.15. The molecule has 6 nitrogen and oxygen atoms in total. The Morgan fingerprint density at radius 1 is 1.00 bits per heavy atom. The van der Waals surface area contributed by atoms with E-state index >= 15 is 0 Å². The van der Waals surface area contributed by atoms with E-state index in [4.69, 9.17) is 4.52 Å². The zero-order valence-electron chi connectivity index (χ0n) is 16.1. The lowest BCUT2D eigenvalue weighted by Gasteiger charge is -2.19. The maximum atomic E-state index is 13.1. The molecule has 0 atom stereocenters. The van der Waals surface area contributed by atoms with Crippen LogP contribution in [0.5, 0.6) is 0 Å². The molecular formula is C20H23N3O3S. The van der Waals surface area contributed by atoms with Gasteiger partial charge in [-0.15, -0.1) is 0 Å². The van der Waals surface area contributed by atoms with Crippen molar-refractivity contribution in [1.82, 2.24) is 14.4 Å². The number of rotatable bonds is 5. The molecule has 1 aromatic heterocycles. The smallest absolute Gasteiger partial charge is 0.243 e. The van der Waals surface area contributed by atoms with Crippen molar-refractivity contribution < 1.29 is 12.9 Å². The molecule has 142 valence electrons. The second kappa shape index (κ2) is 7.25. The third-order valence-electron chi connectivity index (χ3n) is 4.48. The van der Waals surface area contributed by atoms with E-state index in [9.17, 15) is 8.42 Å². The fourth-order valence-electron chi connectivity index (χ4n) is 3.26. The Kier molecular flexibility index (Phi) is 5.17. The predicted molar refractivity (Wildman–Crippen MR) is 104 cm³/mol. The van der Waals surface area contributed by atoms with Gasteiger partial charge in [0.25, 0.3) is 0 Å². The first-order chi connectivity index (χ1) is 12.7. The van der Waals surface area contributed by atoms with Crippen molar-refractivity contribution in [2.45, 2.75) is 39.1 Å². The van der Waals surface area contributed by atoms with E-state index in [2.05, 4.69) is 10.1 Å². The van der Waals surface area contributed by atoms with Crippen molar-refractivity contribution in [2.24, 2.45) is 0 Å². The first kappa shape index (κ1) is 19.3. The van der Waals surface area contributed by atoms with Crippen molar-refractivity contribution in [3.05, 3.63) is 64.5 Å². The largest absolute Gasteiger partial charge is 0.338 e. The SMILES string of the molecule is Cc1cc(C)c(S(=O)(=O)N(C)Cc2nc(-c3ccccc3C)no2)c(C)c1. The van der Waals surface area contributed by atoms with Crippen LogP contribution in [0.3, 0.4) is 0 Å². The highest BCUT2D eigenvalue weighted by atomic mass is 32.2. The van der Waals surface area contributed by atoms with Gasteiger partial charge in [-0.05, 0) is 44.4 Å². The van der Waals surface area contributed by atoms with Gasteiger partial charge in [0, 0.05) is 12.6 Å². The predicted octanol–water partition coefficient (Wildman–Crippen LogP) is 3.79. The summed E-state index contributed by atoms with van der Waals surface area (Å²) in [6, 6.07) is 11.5. The molecule has 0 saturated carbocycles. The standard InChI is InChI=1S/C20H23N3O3S/c1-13-10-15(3)19(16(4)11-13)27(24,25)23(5)12-18-21-20(22-26-18)17-9-7-6-8-14(17)2/h6-11H,12H2,1-5H3. The van der Waals surface area contributed by atoms with Gasteiger partial charge in [0.2, 0.25) is 21.7 Å². The number of hydrogen-bond donors (Lipinski definition) is 0. The van der Waals surface area contributed by atoms with E-state index < -0.39 is 10.0 Å². The molecule has 0 radical (unpaired) electrons. The molecule has 0 aliphatic rings. The first-order valence-corrected chi connectivity index (χ1v) is 10.1. The van der Waals surface area contributed by atoms with E-state index in [0.717, 1.165) is 27.8 Å². The van der Waals surface area contributed by atoms with Crippen LogP contribution >= 0.6 is 0 Å². The van der Waals surface area contributed by atoms with Crippen molar-refractivity contribution >= 4 is 10.0 Å². The third-order valence-corrected chi connectivity index (χ3v) is 6.59. The molecule has 3 aromatic rings. The molecule has 27 heavy (non-hydrogen) atoms. The van der Waals surface area contributed by atoms with Crippen LogP contribution in [-0.2, 0) is 16.6 Å². The van der Waals surface area contributed by atoms with Gasteiger partial charge < -0.3 is 4.52 Å². The van der Waals surface area contributed by atoms with Gasteiger partial charge >= 0.3 is 0 Å². The van der Waals surface area contributed by atoms with Crippen molar-refractivity contribution in [1.29, 1.82) is 0 Å². The zero-order valence-corrected chi connectivity index (χ0v) is 17.0. The molecular weight excluding hydrogens is 362 g/mol. The Labute approximate surface area is 159 Å². The lowest BCUT2D eigenvalue weighted by Crippen LogP contribution is -2.28.